The lowest BCUT2D eigenvalue weighted by molar-refractivity contribution is -0.119. The topological polar surface area (TPSA) is 122 Å². The van der Waals surface area contributed by atoms with E-state index in [1.165, 1.54) is 5.56 Å². The van der Waals surface area contributed by atoms with Crippen molar-refractivity contribution in [1.82, 2.24) is 14.9 Å². The molecule has 0 bridgehead atoms. The molecular formula is C28H33N3O5S. The van der Waals surface area contributed by atoms with Gasteiger partial charge in [0, 0.05) is 24.7 Å². The fourth-order valence-electron chi connectivity index (χ4n) is 4.64. The fraction of sp³-hybridized carbons (Fsp3) is 0.357. The van der Waals surface area contributed by atoms with Gasteiger partial charge in [0.05, 0.1) is 12.6 Å². The molecule has 196 valence electrons. The molecule has 1 aliphatic rings. The lowest BCUT2D eigenvalue weighted by atomic mass is 9.75. The number of carbonyl (C=O) groups is 1. The van der Waals surface area contributed by atoms with Crippen molar-refractivity contribution in [3.63, 3.8) is 0 Å². The van der Waals surface area contributed by atoms with Crippen molar-refractivity contribution in [3.8, 4) is 11.1 Å². The molecule has 37 heavy (non-hydrogen) atoms. The summed E-state index contributed by atoms with van der Waals surface area (Å²) in [6.07, 6.45) is 9.16. The zero-order valence-corrected chi connectivity index (χ0v) is 21.8. The molecule has 0 aliphatic heterocycles. The third kappa shape index (κ3) is 6.94. The first kappa shape index (κ1) is 26.8. The van der Waals surface area contributed by atoms with Crippen LogP contribution in [0.3, 0.4) is 0 Å². The molecule has 3 N–H and O–H groups in total. The van der Waals surface area contributed by atoms with E-state index in [0.717, 1.165) is 35.8 Å². The Balaban J connectivity index is 1.33. The zero-order chi connectivity index (χ0) is 26.6. The van der Waals surface area contributed by atoms with Crippen molar-refractivity contribution in [2.75, 3.05) is 18.6 Å². The highest BCUT2D eigenvalue weighted by atomic mass is 32.2. The van der Waals surface area contributed by atoms with Crippen LogP contribution in [-0.4, -0.2) is 58.7 Å². The molecule has 2 atom stereocenters. The highest BCUT2D eigenvalue weighted by Crippen LogP contribution is 2.37. The summed E-state index contributed by atoms with van der Waals surface area (Å²) in [5.41, 5.74) is 4.40. The van der Waals surface area contributed by atoms with Crippen molar-refractivity contribution in [3.05, 3.63) is 84.0 Å². The predicted octanol–water partition coefficient (Wildman–Crippen LogP) is 3.26. The molecule has 0 saturated heterocycles. The molecule has 3 aromatic rings. The van der Waals surface area contributed by atoms with Crippen LogP contribution in [0.15, 0.2) is 67.0 Å². The summed E-state index contributed by atoms with van der Waals surface area (Å²) in [4.78, 5) is 16.0. The SMILES string of the molecule is C[C@H](O)c1nccn1[C@H](/C=C/c1ccc(-c2ccc(C3CC(NC(=O)CS(C)(=O)=O)C3)cc2)cc1)CO. The van der Waals surface area contributed by atoms with Crippen LogP contribution in [0.1, 0.15) is 54.8 Å². The van der Waals surface area contributed by atoms with Crippen LogP contribution in [0.4, 0.5) is 0 Å². The Kier molecular flexibility index (Phi) is 8.26. The van der Waals surface area contributed by atoms with E-state index >= 15 is 0 Å². The van der Waals surface area contributed by atoms with Gasteiger partial charge in [-0.1, -0.05) is 60.7 Å². The molecular weight excluding hydrogens is 490 g/mol. The number of aliphatic hydroxyl groups is 2. The van der Waals surface area contributed by atoms with Crippen molar-refractivity contribution in [1.29, 1.82) is 0 Å². The maximum absolute atomic E-state index is 11.8. The monoisotopic (exact) mass is 523 g/mol. The van der Waals surface area contributed by atoms with Crippen LogP contribution in [0, 0.1) is 0 Å². The number of nitrogens with zero attached hydrogens (tertiary/aromatic N) is 2. The fourth-order valence-corrected chi connectivity index (χ4v) is 5.20. The molecule has 0 radical (unpaired) electrons. The van der Waals surface area contributed by atoms with Gasteiger partial charge in [0.2, 0.25) is 5.91 Å². The first-order valence-electron chi connectivity index (χ1n) is 12.3. The number of aliphatic hydroxyl groups excluding tert-OH is 2. The summed E-state index contributed by atoms with van der Waals surface area (Å²) in [5.74, 6) is -0.0303. The minimum absolute atomic E-state index is 0.0253. The summed E-state index contributed by atoms with van der Waals surface area (Å²) in [7, 11) is -3.31. The van der Waals surface area contributed by atoms with Crippen molar-refractivity contribution in [2.45, 2.75) is 43.9 Å². The van der Waals surface area contributed by atoms with Gasteiger partial charge in [0.15, 0.2) is 9.84 Å². The number of sulfone groups is 1. The van der Waals surface area contributed by atoms with E-state index < -0.39 is 27.6 Å². The Morgan fingerprint density at radius 1 is 1.14 bits per heavy atom. The normalized spacial score (nSPS) is 19.4. The second-order valence-electron chi connectivity index (χ2n) is 9.72. The summed E-state index contributed by atoms with van der Waals surface area (Å²) in [5, 5.41) is 22.5. The van der Waals surface area contributed by atoms with Crippen molar-refractivity contribution in [2.24, 2.45) is 0 Å². The van der Waals surface area contributed by atoms with Crippen LogP contribution in [0.2, 0.25) is 0 Å². The molecule has 0 spiro atoms. The van der Waals surface area contributed by atoms with Crippen LogP contribution < -0.4 is 5.32 Å². The molecule has 1 amide bonds. The average Bonchev–Trinajstić information content (AvgIpc) is 3.31. The molecule has 8 nitrogen and oxygen atoms in total. The van der Waals surface area contributed by atoms with Gasteiger partial charge in [-0.25, -0.2) is 13.4 Å². The largest absolute Gasteiger partial charge is 0.394 e. The Morgan fingerprint density at radius 3 is 2.32 bits per heavy atom. The Bertz CT molecular complexity index is 1340. The van der Waals surface area contributed by atoms with Crippen molar-refractivity contribution < 1.29 is 23.4 Å². The maximum atomic E-state index is 11.8. The minimum atomic E-state index is -3.31. The molecule has 0 unspecified atom stereocenters. The molecule has 1 aliphatic carbocycles. The summed E-state index contributed by atoms with van der Waals surface area (Å²) >= 11 is 0. The second-order valence-corrected chi connectivity index (χ2v) is 11.9. The van der Waals surface area contributed by atoms with Gasteiger partial charge in [0.1, 0.15) is 17.7 Å². The molecule has 1 saturated carbocycles. The lowest BCUT2D eigenvalue weighted by Crippen LogP contribution is -2.45. The molecule has 1 aromatic heterocycles. The summed E-state index contributed by atoms with van der Waals surface area (Å²) in [6.45, 7) is 1.54. The maximum Gasteiger partial charge on any atom is 0.235 e. The lowest BCUT2D eigenvalue weighted by Gasteiger charge is -2.36. The number of aromatic nitrogens is 2. The standard InChI is InChI=1S/C28H33N3O5S/c1-19(33)28-29-13-14-31(28)26(17-32)12-5-20-3-6-21(7-4-20)22-8-10-23(11-9-22)24-15-25(16-24)30-27(34)18-37(2,35)36/h3-14,19,24-26,32-33H,15-18H2,1-2H3,(H,30,34)/b12-5+/t19-,24?,25?,26+/m0/s1. The molecule has 1 heterocycles. The number of rotatable bonds is 10. The third-order valence-electron chi connectivity index (χ3n) is 6.65. The first-order chi connectivity index (χ1) is 17.6. The van der Waals surface area contributed by atoms with Gasteiger partial charge < -0.3 is 20.1 Å². The van der Waals surface area contributed by atoms with E-state index in [0.29, 0.717) is 11.7 Å². The van der Waals surface area contributed by atoms with E-state index in [-0.39, 0.29) is 18.7 Å². The zero-order valence-electron chi connectivity index (χ0n) is 21.0. The van der Waals surface area contributed by atoms with E-state index in [2.05, 4.69) is 46.7 Å². The highest BCUT2D eigenvalue weighted by Gasteiger charge is 2.31. The molecule has 1 fully saturated rings. The third-order valence-corrected chi connectivity index (χ3v) is 7.44. The van der Waals surface area contributed by atoms with E-state index in [1.54, 1.807) is 23.9 Å². The second kappa shape index (κ2) is 11.4. The van der Waals surface area contributed by atoms with Gasteiger partial charge in [-0.2, -0.15) is 0 Å². The van der Waals surface area contributed by atoms with E-state index in [1.807, 2.05) is 24.3 Å². The van der Waals surface area contributed by atoms with Gasteiger partial charge in [0.25, 0.3) is 0 Å². The van der Waals surface area contributed by atoms with Gasteiger partial charge in [-0.3, -0.25) is 4.79 Å². The molecule has 9 heteroatoms. The summed E-state index contributed by atoms with van der Waals surface area (Å²) < 4.78 is 24.3. The Morgan fingerprint density at radius 2 is 1.76 bits per heavy atom. The molecule has 2 aromatic carbocycles. The number of carbonyl (C=O) groups excluding carboxylic acids is 1. The Hall–Kier alpha value is -3.27. The molecule has 4 rings (SSSR count). The number of nitrogens with one attached hydrogen (secondary N) is 1. The minimum Gasteiger partial charge on any atom is -0.394 e. The smallest absolute Gasteiger partial charge is 0.235 e. The van der Waals surface area contributed by atoms with Crippen LogP contribution in [0.5, 0.6) is 0 Å². The quantitative estimate of drug-likeness (QED) is 0.375. The number of hydrogen-bond donors (Lipinski definition) is 3. The van der Waals surface area contributed by atoms with Crippen LogP contribution >= 0.6 is 0 Å². The predicted molar refractivity (Wildman–Crippen MR) is 144 cm³/mol. The average molecular weight is 524 g/mol. The number of benzene rings is 2. The number of hydrogen-bond acceptors (Lipinski definition) is 6. The number of imidazole rings is 1. The Labute approximate surface area is 217 Å². The van der Waals surface area contributed by atoms with E-state index in [9.17, 15) is 23.4 Å². The van der Waals surface area contributed by atoms with Gasteiger partial charge in [-0.15, -0.1) is 0 Å². The number of amides is 1. The summed E-state index contributed by atoms with van der Waals surface area (Å²) in [6, 6.07) is 16.3. The van der Waals surface area contributed by atoms with Crippen molar-refractivity contribution >= 4 is 21.8 Å². The van der Waals surface area contributed by atoms with Crippen LogP contribution in [-0.2, 0) is 14.6 Å². The first-order valence-corrected chi connectivity index (χ1v) is 14.4. The van der Waals surface area contributed by atoms with Gasteiger partial charge >= 0.3 is 0 Å². The van der Waals surface area contributed by atoms with Crippen LogP contribution in [0.25, 0.3) is 17.2 Å². The highest BCUT2D eigenvalue weighted by molar-refractivity contribution is 7.91. The van der Waals surface area contributed by atoms with Gasteiger partial charge in [-0.05, 0) is 47.9 Å². The van der Waals surface area contributed by atoms with E-state index in [4.69, 9.17) is 0 Å².